The largest absolute Gasteiger partial charge is 0.445 e. The third kappa shape index (κ3) is 3.26. The molecule has 0 aliphatic heterocycles. The second-order valence-electron chi connectivity index (χ2n) is 2.50. The van der Waals surface area contributed by atoms with Crippen LogP contribution in [0.25, 0.3) is 0 Å². The van der Waals surface area contributed by atoms with Crippen molar-refractivity contribution in [3.05, 3.63) is 43.0 Å². The first kappa shape index (κ1) is 10.2. The lowest BCUT2D eigenvalue weighted by Crippen LogP contribution is -2.11. The van der Waals surface area contributed by atoms with Gasteiger partial charge in [-0.3, -0.25) is 0 Å². The Morgan fingerprint density at radius 1 is 1.57 bits per heavy atom. The quantitative estimate of drug-likeness (QED) is 0.688. The van der Waals surface area contributed by atoms with Crippen LogP contribution in [0.4, 0.5) is 4.79 Å². The van der Waals surface area contributed by atoms with Crippen molar-refractivity contribution < 1.29 is 9.53 Å². The summed E-state index contributed by atoms with van der Waals surface area (Å²) >= 11 is 0. The zero-order valence-electron chi connectivity index (χ0n) is 7.96. The molecular formula is C10H12N2O2. The topological polar surface area (TPSA) is 44.1 Å². The zero-order chi connectivity index (χ0) is 10.2. The number of ether oxygens (including phenoxy) is 1. The molecule has 0 bridgehead atoms. The first-order valence-corrected chi connectivity index (χ1v) is 4.27. The number of nitrogens with zero attached hydrogens (tertiary/aromatic N) is 2. The predicted molar refractivity (Wildman–Crippen MR) is 52.9 cm³/mol. The van der Waals surface area contributed by atoms with E-state index in [0.29, 0.717) is 0 Å². The van der Waals surface area contributed by atoms with E-state index in [2.05, 4.69) is 4.98 Å². The molecule has 0 N–H and O–H groups in total. The molecule has 1 aromatic heterocycles. The van der Waals surface area contributed by atoms with Crippen LogP contribution in [0.3, 0.4) is 0 Å². The second-order valence-corrected chi connectivity index (χ2v) is 2.50. The van der Waals surface area contributed by atoms with Crippen LogP contribution < -0.4 is 0 Å². The Balaban J connectivity index is 2.29. The maximum Gasteiger partial charge on any atom is 0.419 e. The number of hydrogen-bond acceptors (Lipinski definition) is 3. The fraction of sp³-hybridized carbons (Fsp3) is 0.200. The number of carbonyl (C=O) groups is 1. The van der Waals surface area contributed by atoms with Crippen molar-refractivity contribution in [3.63, 3.8) is 0 Å². The number of allylic oxidation sites excluding steroid dienone is 3. The van der Waals surface area contributed by atoms with Crippen molar-refractivity contribution in [1.29, 1.82) is 0 Å². The van der Waals surface area contributed by atoms with Gasteiger partial charge in [-0.1, -0.05) is 18.2 Å². The molecule has 0 saturated heterocycles. The average Bonchev–Trinajstić information content (AvgIpc) is 2.70. The van der Waals surface area contributed by atoms with Crippen LogP contribution in [0, 0.1) is 0 Å². The van der Waals surface area contributed by atoms with Gasteiger partial charge in [-0.2, -0.15) is 0 Å². The Labute approximate surface area is 82.5 Å². The maximum absolute atomic E-state index is 11.2. The van der Waals surface area contributed by atoms with Gasteiger partial charge < -0.3 is 4.74 Å². The van der Waals surface area contributed by atoms with E-state index in [9.17, 15) is 4.79 Å². The minimum absolute atomic E-state index is 0.265. The number of imidazole rings is 1. The highest BCUT2D eigenvalue weighted by molar-refractivity contribution is 5.70. The summed E-state index contributed by atoms with van der Waals surface area (Å²) in [6.45, 7) is 2.18. The minimum Gasteiger partial charge on any atom is -0.445 e. The molecule has 1 heterocycles. The van der Waals surface area contributed by atoms with Crippen LogP contribution >= 0.6 is 0 Å². The standard InChI is InChI=1S/C10H12N2O2/c1-2-3-4-5-8-14-10(13)12-7-6-11-9-12/h2-7,9H,8H2,1H3/b3-2+,5-4+. The van der Waals surface area contributed by atoms with Gasteiger partial charge in [0, 0.05) is 12.4 Å². The Hall–Kier alpha value is -1.84. The summed E-state index contributed by atoms with van der Waals surface area (Å²) in [6.07, 6.45) is 11.4. The maximum atomic E-state index is 11.2. The van der Waals surface area contributed by atoms with Crippen molar-refractivity contribution in [2.24, 2.45) is 0 Å². The van der Waals surface area contributed by atoms with Gasteiger partial charge in [0.2, 0.25) is 0 Å². The smallest absolute Gasteiger partial charge is 0.419 e. The monoisotopic (exact) mass is 192 g/mol. The fourth-order valence-corrected chi connectivity index (χ4v) is 0.806. The summed E-state index contributed by atoms with van der Waals surface area (Å²) in [5.74, 6) is 0. The van der Waals surface area contributed by atoms with E-state index in [1.807, 2.05) is 25.2 Å². The van der Waals surface area contributed by atoms with Gasteiger partial charge in [0.1, 0.15) is 12.9 Å². The summed E-state index contributed by atoms with van der Waals surface area (Å²) in [4.78, 5) is 14.9. The molecule has 74 valence electrons. The Bertz CT molecular complexity index is 326. The highest BCUT2D eigenvalue weighted by atomic mass is 16.5. The normalized spacial score (nSPS) is 11.2. The predicted octanol–water partition coefficient (Wildman–Crippen LogP) is 2.00. The summed E-state index contributed by atoms with van der Waals surface area (Å²) < 4.78 is 6.18. The molecule has 0 amide bonds. The van der Waals surface area contributed by atoms with E-state index < -0.39 is 6.09 Å². The van der Waals surface area contributed by atoms with E-state index in [1.165, 1.54) is 23.3 Å². The molecule has 14 heavy (non-hydrogen) atoms. The summed E-state index contributed by atoms with van der Waals surface area (Å²) in [6, 6.07) is 0. The van der Waals surface area contributed by atoms with Crippen LogP contribution in [0.5, 0.6) is 0 Å². The molecule has 4 heteroatoms. The fourth-order valence-electron chi connectivity index (χ4n) is 0.806. The lowest BCUT2D eigenvalue weighted by molar-refractivity contribution is 0.160. The molecule has 4 nitrogen and oxygen atoms in total. The van der Waals surface area contributed by atoms with Crippen molar-refractivity contribution in [2.45, 2.75) is 6.92 Å². The van der Waals surface area contributed by atoms with Crippen molar-refractivity contribution >= 4 is 6.09 Å². The molecule has 0 fully saturated rings. The van der Waals surface area contributed by atoms with Crippen LogP contribution in [0.2, 0.25) is 0 Å². The molecule has 0 unspecified atom stereocenters. The summed E-state index contributed by atoms with van der Waals surface area (Å²) in [5.41, 5.74) is 0. The van der Waals surface area contributed by atoms with E-state index in [1.54, 1.807) is 6.08 Å². The lowest BCUT2D eigenvalue weighted by atomic mass is 10.4. The third-order valence-corrected chi connectivity index (χ3v) is 1.46. The molecule has 1 aromatic rings. The minimum atomic E-state index is -0.423. The molecule has 1 rings (SSSR count). The zero-order valence-corrected chi connectivity index (χ0v) is 7.96. The van der Waals surface area contributed by atoms with Crippen molar-refractivity contribution in [1.82, 2.24) is 9.55 Å². The van der Waals surface area contributed by atoms with Gasteiger partial charge >= 0.3 is 6.09 Å². The number of hydrogen-bond donors (Lipinski definition) is 0. The van der Waals surface area contributed by atoms with Gasteiger partial charge in [0.25, 0.3) is 0 Å². The Morgan fingerprint density at radius 3 is 3.07 bits per heavy atom. The van der Waals surface area contributed by atoms with Crippen LogP contribution in [0.15, 0.2) is 43.0 Å². The van der Waals surface area contributed by atoms with Crippen LogP contribution in [-0.2, 0) is 4.74 Å². The van der Waals surface area contributed by atoms with E-state index in [4.69, 9.17) is 4.74 Å². The van der Waals surface area contributed by atoms with Gasteiger partial charge in [-0.05, 0) is 13.0 Å². The molecule has 0 aliphatic carbocycles. The Kier molecular flexibility index (Phi) is 4.20. The molecule has 0 aromatic carbocycles. The first-order chi connectivity index (χ1) is 6.84. The van der Waals surface area contributed by atoms with Crippen LogP contribution in [0.1, 0.15) is 6.92 Å². The van der Waals surface area contributed by atoms with Crippen LogP contribution in [-0.4, -0.2) is 22.3 Å². The Morgan fingerprint density at radius 2 is 2.43 bits per heavy atom. The molecular weight excluding hydrogens is 180 g/mol. The highest BCUT2D eigenvalue weighted by Crippen LogP contribution is 1.90. The number of carbonyl (C=O) groups excluding carboxylic acids is 1. The van der Waals surface area contributed by atoms with Gasteiger partial charge in [-0.25, -0.2) is 14.3 Å². The number of rotatable bonds is 3. The SMILES string of the molecule is C/C=C/C=C/COC(=O)n1ccnc1. The van der Waals surface area contributed by atoms with Gasteiger partial charge in [-0.15, -0.1) is 0 Å². The molecule has 0 saturated carbocycles. The molecule has 0 atom stereocenters. The van der Waals surface area contributed by atoms with E-state index in [-0.39, 0.29) is 6.61 Å². The summed E-state index contributed by atoms with van der Waals surface area (Å²) in [5, 5.41) is 0. The first-order valence-electron chi connectivity index (χ1n) is 4.27. The highest BCUT2D eigenvalue weighted by Gasteiger charge is 2.01. The molecule has 0 spiro atoms. The second kappa shape index (κ2) is 5.75. The lowest BCUT2D eigenvalue weighted by Gasteiger charge is -1.99. The average molecular weight is 192 g/mol. The van der Waals surface area contributed by atoms with Crippen molar-refractivity contribution in [2.75, 3.05) is 6.61 Å². The molecule has 0 aliphatic rings. The summed E-state index contributed by atoms with van der Waals surface area (Å²) in [7, 11) is 0. The van der Waals surface area contributed by atoms with E-state index >= 15 is 0 Å². The van der Waals surface area contributed by atoms with E-state index in [0.717, 1.165) is 0 Å². The van der Waals surface area contributed by atoms with Gasteiger partial charge in [0.15, 0.2) is 0 Å². The molecule has 0 radical (unpaired) electrons. The third-order valence-electron chi connectivity index (χ3n) is 1.46. The van der Waals surface area contributed by atoms with Gasteiger partial charge in [0.05, 0.1) is 0 Å². The van der Waals surface area contributed by atoms with Crippen molar-refractivity contribution in [3.8, 4) is 0 Å². The number of aromatic nitrogens is 2.